The third kappa shape index (κ3) is 3.12. The minimum absolute atomic E-state index is 0.582. The number of rotatable bonds is 5. The third-order valence-electron chi connectivity index (χ3n) is 4.87. The maximum Gasteiger partial charge on any atom is 0.0946 e. The molecule has 1 aliphatic heterocycles. The van der Waals surface area contributed by atoms with E-state index >= 15 is 0 Å². The number of hydrogen-bond acceptors (Lipinski definition) is 3. The van der Waals surface area contributed by atoms with Gasteiger partial charge in [0, 0.05) is 43.3 Å². The quantitative estimate of drug-likeness (QED) is 0.725. The summed E-state index contributed by atoms with van der Waals surface area (Å²) in [6, 6.07) is 10.9. The first-order chi connectivity index (χ1) is 11.8. The van der Waals surface area contributed by atoms with E-state index in [0.717, 1.165) is 31.0 Å². The van der Waals surface area contributed by atoms with Crippen LogP contribution >= 0.6 is 0 Å². The molecule has 0 radical (unpaired) electrons. The van der Waals surface area contributed by atoms with Gasteiger partial charge in [-0.05, 0) is 38.4 Å². The predicted octanol–water partition coefficient (Wildman–Crippen LogP) is 3.04. The molecule has 1 atom stereocenters. The number of likely N-dealkylation sites (tertiary alicyclic amines) is 1. The lowest BCUT2D eigenvalue weighted by Crippen LogP contribution is -2.32. The van der Waals surface area contributed by atoms with Gasteiger partial charge in [-0.3, -0.25) is 4.90 Å². The van der Waals surface area contributed by atoms with Crippen LogP contribution in [0.15, 0.2) is 55.2 Å². The average molecular weight is 321 g/mol. The van der Waals surface area contributed by atoms with Gasteiger partial charge in [0.15, 0.2) is 0 Å². The molecule has 4 rings (SSSR count). The lowest BCUT2D eigenvalue weighted by atomic mass is 10.2. The second-order valence-corrected chi connectivity index (χ2v) is 6.55. The minimum atomic E-state index is 0.582. The Morgan fingerprint density at radius 3 is 2.88 bits per heavy atom. The van der Waals surface area contributed by atoms with Crippen LogP contribution in [0, 0.1) is 6.92 Å². The van der Waals surface area contributed by atoms with Gasteiger partial charge in [-0.2, -0.15) is 5.10 Å². The highest BCUT2D eigenvalue weighted by Gasteiger charge is 2.25. The SMILES string of the molecule is Cc1nn(-c2ccccc2)cc1CN1CCC[C@@H]1Cn1ccnc1. The van der Waals surface area contributed by atoms with E-state index in [1.165, 1.54) is 18.4 Å². The van der Waals surface area contributed by atoms with Crippen LogP contribution < -0.4 is 0 Å². The Morgan fingerprint density at radius 2 is 2.08 bits per heavy atom. The Bertz CT molecular complexity index is 775. The fraction of sp³-hybridized carbons (Fsp3) is 0.368. The lowest BCUT2D eigenvalue weighted by Gasteiger charge is -2.24. The van der Waals surface area contributed by atoms with Crippen molar-refractivity contribution in [2.45, 2.75) is 38.9 Å². The number of aryl methyl sites for hydroxylation is 1. The molecular formula is C19H23N5. The van der Waals surface area contributed by atoms with Crippen molar-refractivity contribution in [1.29, 1.82) is 0 Å². The lowest BCUT2D eigenvalue weighted by molar-refractivity contribution is 0.224. The van der Waals surface area contributed by atoms with E-state index < -0.39 is 0 Å². The fourth-order valence-corrected chi connectivity index (χ4v) is 3.53. The molecular weight excluding hydrogens is 298 g/mol. The van der Waals surface area contributed by atoms with Crippen molar-refractivity contribution >= 4 is 0 Å². The van der Waals surface area contributed by atoms with Crippen molar-refractivity contribution in [1.82, 2.24) is 24.2 Å². The summed E-state index contributed by atoms with van der Waals surface area (Å²) in [5.74, 6) is 0. The molecule has 5 nitrogen and oxygen atoms in total. The van der Waals surface area contributed by atoms with Crippen molar-refractivity contribution in [3.05, 3.63) is 66.5 Å². The first-order valence-corrected chi connectivity index (χ1v) is 8.60. The Balaban J connectivity index is 1.49. The molecule has 1 aliphatic rings. The van der Waals surface area contributed by atoms with Crippen molar-refractivity contribution in [2.24, 2.45) is 0 Å². The Hall–Kier alpha value is -2.40. The molecule has 0 aliphatic carbocycles. The van der Waals surface area contributed by atoms with Gasteiger partial charge < -0.3 is 4.57 Å². The van der Waals surface area contributed by atoms with Crippen molar-refractivity contribution in [2.75, 3.05) is 6.54 Å². The van der Waals surface area contributed by atoms with E-state index in [2.05, 4.69) is 45.9 Å². The average Bonchev–Trinajstić information content (AvgIpc) is 3.33. The van der Waals surface area contributed by atoms with Crippen molar-refractivity contribution in [3.63, 3.8) is 0 Å². The Morgan fingerprint density at radius 1 is 1.21 bits per heavy atom. The second-order valence-electron chi connectivity index (χ2n) is 6.55. The molecule has 24 heavy (non-hydrogen) atoms. The molecule has 0 unspecified atom stereocenters. The molecule has 0 bridgehead atoms. The minimum Gasteiger partial charge on any atom is -0.336 e. The Kier molecular flexibility index (Phi) is 4.17. The number of aromatic nitrogens is 4. The number of para-hydroxylation sites is 1. The second kappa shape index (κ2) is 6.61. The summed E-state index contributed by atoms with van der Waals surface area (Å²) in [5.41, 5.74) is 3.55. The standard InChI is InChI=1S/C19H23N5/c1-16-17(13-24(21-16)18-6-3-2-4-7-18)12-23-10-5-8-19(23)14-22-11-9-20-15-22/h2-4,6-7,9,11,13,15,19H,5,8,10,12,14H2,1H3/t19-/m1/s1. The number of imidazole rings is 1. The molecule has 5 heteroatoms. The molecule has 1 aromatic carbocycles. The van der Waals surface area contributed by atoms with E-state index in [4.69, 9.17) is 5.10 Å². The summed E-state index contributed by atoms with van der Waals surface area (Å²) in [6.07, 6.45) is 10.5. The van der Waals surface area contributed by atoms with Crippen LogP contribution in [0.4, 0.5) is 0 Å². The van der Waals surface area contributed by atoms with Gasteiger partial charge in [0.25, 0.3) is 0 Å². The van der Waals surface area contributed by atoms with Crippen molar-refractivity contribution in [3.8, 4) is 5.69 Å². The normalized spacial score (nSPS) is 18.3. The van der Waals surface area contributed by atoms with Gasteiger partial charge in [0.2, 0.25) is 0 Å². The zero-order chi connectivity index (χ0) is 16.4. The predicted molar refractivity (Wildman–Crippen MR) is 94.0 cm³/mol. The van der Waals surface area contributed by atoms with Crippen LogP contribution in [0.2, 0.25) is 0 Å². The third-order valence-corrected chi connectivity index (χ3v) is 4.87. The number of hydrogen-bond donors (Lipinski definition) is 0. The monoisotopic (exact) mass is 321 g/mol. The summed E-state index contributed by atoms with van der Waals surface area (Å²) in [7, 11) is 0. The van der Waals surface area contributed by atoms with Gasteiger partial charge in [0.1, 0.15) is 0 Å². The maximum atomic E-state index is 4.70. The van der Waals surface area contributed by atoms with Gasteiger partial charge in [-0.25, -0.2) is 9.67 Å². The van der Waals surface area contributed by atoms with E-state index in [9.17, 15) is 0 Å². The molecule has 1 saturated heterocycles. The van der Waals surface area contributed by atoms with E-state index in [1.54, 1.807) is 0 Å². The highest BCUT2D eigenvalue weighted by atomic mass is 15.3. The summed E-state index contributed by atoms with van der Waals surface area (Å²) < 4.78 is 4.18. The maximum absolute atomic E-state index is 4.70. The number of nitrogens with zero attached hydrogens (tertiary/aromatic N) is 5. The smallest absolute Gasteiger partial charge is 0.0946 e. The van der Waals surface area contributed by atoms with E-state index in [1.807, 2.05) is 35.4 Å². The number of benzene rings is 1. The molecule has 2 aromatic heterocycles. The van der Waals surface area contributed by atoms with Crippen LogP contribution in [0.3, 0.4) is 0 Å². The topological polar surface area (TPSA) is 38.9 Å². The molecule has 3 heterocycles. The Labute approximate surface area is 142 Å². The van der Waals surface area contributed by atoms with Crippen LogP contribution in [-0.2, 0) is 13.1 Å². The van der Waals surface area contributed by atoms with Gasteiger partial charge >= 0.3 is 0 Å². The molecule has 1 fully saturated rings. The summed E-state index contributed by atoms with van der Waals surface area (Å²) in [6.45, 7) is 5.26. The van der Waals surface area contributed by atoms with Crippen LogP contribution in [0.1, 0.15) is 24.1 Å². The first-order valence-electron chi connectivity index (χ1n) is 8.60. The van der Waals surface area contributed by atoms with Gasteiger partial charge in [-0.1, -0.05) is 18.2 Å². The molecule has 3 aromatic rings. The summed E-state index contributed by atoms with van der Waals surface area (Å²) >= 11 is 0. The molecule has 0 amide bonds. The zero-order valence-corrected chi connectivity index (χ0v) is 14.0. The summed E-state index contributed by atoms with van der Waals surface area (Å²) in [4.78, 5) is 6.74. The molecule has 124 valence electrons. The molecule has 0 saturated carbocycles. The van der Waals surface area contributed by atoms with E-state index in [0.29, 0.717) is 6.04 Å². The van der Waals surface area contributed by atoms with Crippen LogP contribution in [0.25, 0.3) is 5.69 Å². The van der Waals surface area contributed by atoms with E-state index in [-0.39, 0.29) is 0 Å². The first kappa shape index (κ1) is 15.1. The molecule has 0 spiro atoms. The van der Waals surface area contributed by atoms with Crippen LogP contribution in [0.5, 0.6) is 0 Å². The molecule has 0 N–H and O–H groups in total. The highest BCUT2D eigenvalue weighted by molar-refractivity contribution is 5.32. The highest BCUT2D eigenvalue weighted by Crippen LogP contribution is 2.23. The van der Waals surface area contributed by atoms with Gasteiger partial charge in [0.05, 0.1) is 17.7 Å². The van der Waals surface area contributed by atoms with Gasteiger partial charge in [-0.15, -0.1) is 0 Å². The largest absolute Gasteiger partial charge is 0.336 e. The van der Waals surface area contributed by atoms with Crippen molar-refractivity contribution < 1.29 is 0 Å². The fourth-order valence-electron chi connectivity index (χ4n) is 3.53. The van der Waals surface area contributed by atoms with Crippen LogP contribution in [-0.4, -0.2) is 36.8 Å². The zero-order valence-electron chi connectivity index (χ0n) is 14.0. The summed E-state index contributed by atoms with van der Waals surface area (Å²) in [5, 5.41) is 4.70.